The predicted octanol–water partition coefficient (Wildman–Crippen LogP) is -1.37. The molecule has 2 amide bonds. The Kier molecular flexibility index (Phi) is 3.59. The van der Waals surface area contributed by atoms with E-state index < -0.39 is 5.54 Å². The lowest BCUT2D eigenvalue weighted by atomic mass is 9.96. The predicted molar refractivity (Wildman–Crippen MR) is 68.1 cm³/mol. The first kappa shape index (κ1) is 13.3. The molecule has 0 aliphatic carbocycles. The first-order chi connectivity index (χ1) is 8.44. The van der Waals surface area contributed by atoms with E-state index in [-0.39, 0.29) is 17.9 Å². The van der Waals surface area contributed by atoms with Crippen molar-refractivity contribution in [1.29, 1.82) is 0 Å². The molecule has 0 aromatic heterocycles. The van der Waals surface area contributed by atoms with Gasteiger partial charge in [-0.25, -0.2) is 0 Å². The van der Waals surface area contributed by atoms with Gasteiger partial charge in [0.1, 0.15) is 5.54 Å². The van der Waals surface area contributed by atoms with Crippen LogP contribution < -0.4 is 10.6 Å². The van der Waals surface area contributed by atoms with E-state index in [1.807, 2.05) is 13.8 Å². The monoisotopic (exact) mass is 254 g/mol. The van der Waals surface area contributed by atoms with Gasteiger partial charge in [-0.2, -0.15) is 0 Å². The maximum absolute atomic E-state index is 12.5. The maximum Gasteiger partial charge on any atom is 0.247 e. The Morgan fingerprint density at radius 3 is 2.67 bits per heavy atom. The van der Waals surface area contributed by atoms with Gasteiger partial charge in [0, 0.05) is 39.8 Å². The molecule has 2 N–H and O–H groups in total. The summed E-state index contributed by atoms with van der Waals surface area (Å²) in [6.07, 6.45) is 0. The number of amides is 2. The molecular formula is C12H22N4O2. The second-order valence-electron chi connectivity index (χ2n) is 5.49. The van der Waals surface area contributed by atoms with Crippen LogP contribution in [0.5, 0.6) is 0 Å². The molecular weight excluding hydrogens is 232 g/mol. The van der Waals surface area contributed by atoms with Gasteiger partial charge in [-0.1, -0.05) is 0 Å². The highest BCUT2D eigenvalue weighted by Gasteiger charge is 2.44. The molecule has 0 radical (unpaired) electrons. The summed E-state index contributed by atoms with van der Waals surface area (Å²) in [5.74, 6) is 0.0273. The molecule has 1 atom stereocenters. The number of nitrogens with zero attached hydrogens (tertiary/aromatic N) is 2. The summed E-state index contributed by atoms with van der Waals surface area (Å²) in [5.41, 5.74) is -0.747. The third kappa shape index (κ3) is 2.22. The number of carbonyl (C=O) groups excluding carboxylic acids is 2. The van der Waals surface area contributed by atoms with Gasteiger partial charge in [-0.3, -0.25) is 9.59 Å². The van der Waals surface area contributed by atoms with E-state index in [4.69, 9.17) is 0 Å². The average molecular weight is 254 g/mol. The molecule has 0 aromatic rings. The molecule has 2 fully saturated rings. The van der Waals surface area contributed by atoms with Gasteiger partial charge < -0.3 is 20.4 Å². The van der Waals surface area contributed by atoms with Crippen molar-refractivity contribution < 1.29 is 9.59 Å². The van der Waals surface area contributed by atoms with Gasteiger partial charge in [-0.15, -0.1) is 0 Å². The zero-order chi connectivity index (χ0) is 13.3. The lowest BCUT2D eigenvalue weighted by Crippen LogP contribution is -2.67. The van der Waals surface area contributed by atoms with Crippen molar-refractivity contribution in [3.63, 3.8) is 0 Å². The van der Waals surface area contributed by atoms with Gasteiger partial charge in [0.05, 0.1) is 6.04 Å². The van der Waals surface area contributed by atoms with Gasteiger partial charge in [0.25, 0.3) is 0 Å². The third-order valence-corrected chi connectivity index (χ3v) is 3.81. The van der Waals surface area contributed by atoms with Crippen LogP contribution in [0.15, 0.2) is 0 Å². The topological polar surface area (TPSA) is 64.7 Å². The van der Waals surface area contributed by atoms with Crippen molar-refractivity contribution in [1.82, 2.24) is 20.4 Å². The average Bonchev–Trinajstić information content (AvgIpc) is 2.36. The van der Waals surface area contributed by atoms with Crippen molar-refractivity contribution >= 4 is 11.8 Å². The first-order valence-corrected chi connectivity index (χ1v) is 6.45. The van der Waals surface area contributed by atoms with Crippen LogP contribution >= 0.6 is 0 Å². The molecule has 2 rings (SSSR count). The largest absolute Gasteiger partial charge is 0.342 e. The van der Waals surface area contributed by atoms with Crippen LogP contribution in [0, 0.1) is 0 Å². The minimum Gasteiger partial charge on any atom is -0.342 e. The Labute approximate surface area is 108 Å². The molecule has 6 nitrogen and oxygen atoms in total. The second kappa shape index (κ2) is 4.85. The van der Waals surface area contributed by atoms with E-state index in [1.54, 1.807) is 16.8 Å². The number of piperazine rings is 2. The standard InChI is InChI=1S/C12H22N4O2/c1-12(2)11(18)15(3)6-7-16(12)10(17)9-8-13-4-5-14-9/h9,13-14H,4-8H2,1-3H3. The van der Waals surface area contributed by atoms with E-state index in [0.717, 1.165) is 13.1 Å². The lowest BCUT2D eigenvalue weighted by Gasteiger charge is -2.46. The molecule has 102 valence electrons. The van der Waals surface area contributed by atoms with Gasteiger partial charge in [0.2, 0.25) is 11.8 Å². The van der Waals surface area contributed by atoms with Crippen LogP contribution in [0.2, 0.25) is 0 Å². The van der Waals surface area contributed by atoms with Crippen molar-refractivity contribution in [2.45, 2.75) is 25.4 Å². The molecule has 18 heavy (non-hydrogen) atoms. The summed E-state index contributed by atoms with van der Waals surface area (Å²) in [4.78, 5) is 28.0. The lowest BCUT2D eigenvalue weighted by molar-refractivity contribution is -0.158. The summed E-state index contributed by atoms with van der Waals surface area (Å²) < 4.78 is 0. The number of hydrogen-bond donors (Lipinski definition) is 2. The molecule has 2 aliphatic heterocycles. The smallest absolute Gasteiger partial charge is 0.247 e. The Hall–Kier alpha value is -1.14. The van der Waals surface area contributed by atoms with Crippen molar-refractivity contribution in [3.8, 4) is 0 Å². The fraction of sp³-hybridized carbons (Fsp3) is 0.833. The fourth-order valence-electron chi connectivity index (χ4n) is 2.62. The highest BCUT2D eigenvalue weighted by atomic mass is 16.2. The zero-order valence-electron chi connectivity index (χ0n) is 11.3. The highest BCUT2D eigenvalue weighted by Crippen LogP contribution is 2.22. The first-order valence-electron chi connectivity index (χ1n) is 6.45. The Morgan fingerprint density at radius 1 is 1.33 bits per heavy atom. The number of hydrogen-bond acceptors (Lipinski definition) is 4. The molecule has 0 bridgehead atoms. The Balaban J connectivity index is 2.11. The van der Waals surface area contributed by atoms with E-state index in [2.05, 4.69) is 10.6 Å². The van der Waals surface area contributed by atoms with Gasteiger partial charge in [-0.05, 0) is 13.8 Å². The number of rotatable bonds is 1. The van der Waals surface area contributed by atoms with Crippen molar-refractivity contribution in [3.05, 3.63) is 0 Å². The molecule has 0 aromatic carbocycles. The summed E-state index contributed by atoms with van der Waals surface area (Å²) in [6, 6.07) is -0.214. The SMILES string of the molecule is CN1CCN(C(=O)C2CNCCN2)C(C)(C)C1=O. The molecule has 2 saturated heterocycles. The van der Waals surface area contributed by atoms with Crippen molar-refractivity contribution in [2.75, 3.05) is 39.8 Å². The van der Waals surface area contributed by atoms with E-state index in [1.165, 1.54) is 0 Å². The number of carbonyl (C=O) groups is 2. The summed E-state index contributed by atoms with van der Waals surface area (Å²) in [5, 5.41) is 6.40. The van der Waals surface area contributed by atoms with Crippen LogP contribution in [0.4, 0.5) is 0 Å². The minimum absolute atomic E-state index is 0.00543. The molecule has 2 heterocycles. The quantitative estimate of drug-likeness (QED) is 0.606. The van der Waals surface area contributed by atoms with E-state index in [9.17, 15) is 9.59 Å². The van der Waals surface area contributed by atoms with Crippen LogP contribution in [0.25, 0.3) is 0 Å². The molecule has 1 unspecified atom stereocenters. The van der Waals surface area contributed by atoms with Crippen LogP contribution in [0.1, 0.15) is 13.8 Å². The minimum atomic E-state index is -0.747. The molecule has 0 spiro atoms. The Morgan fingerprint density at radius 2 is 2.06 bits per heavy atom. The third-order valence-electron chi connectivity index (χ3n) is 3.81. The van der Waals surface area contributed by atoms with E-state index in [0.29, 0.717) is 19.6 Å². The second-order valence-corrected chi connectivity index (χ2v) is 5.49. The Bertz CT molecular complexity index is 350. The van der Waals surface area contributed by atoms with Crippen molar-refractivity contribution in [2.24, 2.45) is 0 Å². The number of likely N-dealkylation sites (N-methyl/N-ethyl adjacent to an activating group) is 1. The van der Waals surface area contributed by atoms with Crippen LogP contribution in [-0.4, -0.2) is 73.0 Å². The normalized spacial score (nSPS) is 28.4. The van der Waals surface area contributed by atoms with E-state index >= 15 is 0 Å². The molecule has 6 heteroatoms. The fourth-order valence-corrected chi connectivity index (χ4v) is 2.62. The molecule has 0 saturated carbocycles. The molecule has 2 aliphatic rings. The summed E-state index contributed by atoms with van der Waals surface area (Å²) in [7, 11) is 1.78. The van der Waals surface area contributed by atoms with Crippen LogP contribution in [0.3, 0.4) is 0 Å². The summed E-state index contributed by atoms with van der Waals surface area (Å²) >= 11 is 0. The number of nitrogens with one attached hydrogen (secondary N) is 2. The highest BCUT2D eigenvalue weighted by molar-refractivity contribution is 5.93. The summed E-state index contributed by atoms with van der Waals surface area (Å²) in [6.45, 7) is 7.15. The zero-order valence-corrected chi connectivity index (χ0v) is 11.3. The maximum atomic E-state index is 12.5. The van der Waals surface area contributed by atoms with Gasteiger partial charge in [0.15, 0.2) is 0 Å². The van der Waals surface area contributed by atoms with Gasteiger partial charge >= 0.3 is 0 Å². The van der Waals surface area contributed by atoms with Crippen LogP contribution in [-0.2, 0) is 9.59 Å².